The molecule has 0 aromatic carbocycles. The van der Waals surface area contributed by atoms with Crippen LogP contribution in [0.5, 0.6) is 0 Å². The smallest absolute Gasteiger partial charge is 0.320 e. The second kappa shape index (κ2) is 5.17. The quantitative estimate of drug-likeness (QED) is 0.828. The normalized spacial score (nSPS) is 34.6. The average molecular weight is 275 g/mol. The van der Waals surface area contributed by atoms with Gasteiger partial charge in [0.2, 0.25) is 0 Å². The molecule has 5 nitrogen and oxygen atoms in total. The van der Waals surface area contributed by atoms with Crippen molar-refractivity contribution in [1.29, 1.82) is 0 Å². The molecule has 3 atom stereocenters. The van der Waals surface area contributed by atoms with Crippen LogP contribution in [0.2, 0.25) is 0 Å². The van der Waals surface area contributed by atoms with E-state index in [1.54, 1.807) is 0 Å². The molecular formula is C12H21NO4S. The third-order valence-corrected chi connectivity index (χ3v) is 5.87. The van der Waals surface area contributed by atoms with Crippen molar-refractivity contribution in [3.8, 4) is 0 Å². The molecular weight excluding hydrogens is 254 g/mol. The van der Waals surface area contributed by atoms with Gasteiger partial charge in [-0.3, -0.25) is 9.69 Å². The molecule has 104 valence electrons. The highest BCUT2D eigenvalue weighted by Gasteiger charge is 2.43. The van der Waals surface area contributed by atoms with Crippen molar-refractivity contribution < 1.29 is 18.3 Å². The molecule has 1 saturated carbocycles. The number of likely N-dealkylation sites (tertiary alicyclic amines) is 1. The zero-order valence-corrected chi connectivity index (χ0v) is 11.5. The third kappa shape index (κ3) is 2.69. The number of carbonyl (C=O) groups is 1. The lowest BCUT2D eigenvalue weighted by molar-refractivity contribution is -0.145. The molecule has 1 saturated heterocycles. The highest BCUT2D eigenvalue weighted by Crippen LogP contribution is 2.33. The lowest BCUT2D eigenvalue weighted by Gasteiger charge is -2.39. The van der Waals surface area contributed by atoms with Gasteiger partial charge in [-0.15, -0.1) is 0 Å². The summed E-state index contributed by atoms with van der Waals surface area (Å²) in [7, 11) is -3.08. The van der Waals surface area contributed by atoms with Crippen molar-refractivity contribution in [2.75, 3.05) is 12.8 Å². The maximum atomic E-state index is 11.8. The second-order valence-electron chi connectivity index (χ2n) is 5.45. The van der Waals surface area contributed by atoms with Crippen LogP contribution in [0.3, 0.4) is 0 Å². The van der Waals surface area contributed by atoms with Crippen LogP contribution in [0, 0.1) is 0 Å². The fourth-order valence-corrected chi connectivity index (χ4v) is 4.86. The third-order valence-electron chi connectivity index (χ3n) is 4.22. The average Bonchev–Trinajstić information content (AvgIpc) is 2.77. The summed E-state index contributed by atoms with van der Waals surface area (Å²) < 4.78 is 23.6. The molecule has 1 aliphatic heterocycles. The Balaban J connectivity index is 2.20. The van der Waals surface area contributed by atoms with Crippen LogP contribution >= 0.6 is 0 Å². The Hall–Kier alpha value is -0.620. The Morgan fingerprint density at radius 3 is 2.50 bits per heavy atom. The minimum absolute atomic E-state index is 0.0959. The molecule has 6 heteroatoms. The van der Waals surface area contributed by atoms with Gasteiger partial charge in [0.15, 0.2) is 9.84 Å². The summed E-state index contributed by atoms with van der Waals surface area (Å²) in [6, 6.07) is -0.590. The van der Waals surface area contributed by atoms with Crippen LogP contribution in [-0.4, -0.2) is 54.5 Å². The van der Waals surface area contributed by atoms with E-state index in [9.17, 15) is 18.3 Å². The van der Waals surface area contributed by atoms with Crippen molar-refractivity contribution in [1.82, 2.24) is 4.90 Å². The van der Waals surface area contributed by atoms with E-state index in [-0.39, 0.29) is 11.3 Å². The van der Waals surface area contributed by atoms with E-state index in [2.05, 4.69) is 0 Å². The monoisotopic (exact) mass is 275 g/mol. The number of carboxylic acids is 1. The van der Waals surface area contributed by atoms with Gasteiger partial charge in [0.1, 0.15) is 6.04 Å². The number of aliphatic carboxylic acids is 1. The summed E-state index contributed by atoms with van der Waals surface area (Å²) in [5, 5.41) is 8.89. The van der Waals surface area contributed by atoms with Gasteiger partial charge < -0.3 is 5.11 Å². The highest BCUT2D eigenvalue weighted by atomic mass is 32.2. The first-order chi connectivity index (χ1) is 8.41. The number of carboxylic acid groups (broad SMARTS) is 1. The first kappa shape index (κ1) is 13.8. The van der Waals surface area contributed by atoms with E-state index in [1.807, 2.05) is 4.90 Å². The maximum absolute atomic E-state index is 11.8. The predicted octanol–water partition coefficient (Wildman–Crippen LogP) is 0.891. The minimum atomic E-state index is -3.08. The van der Waals surface area contributed by atoms with Crippen LogP contribution in [0.4, 0.5) is 0 Å². The molecule has 0 aromatic heterocycles. The number of sulfone groups is 1. The van der Waals surface area contributed by atoms with Crippen LogP contribution in [0.25, 0.3) is 0 Å². The van der Waals surface area contributed by atoms with Crippen LogP contribution in [0.15, 0.2) is 0 Å². The van der Waals surface area contributed by atoms with Crippen LogP contribution in [-0.2, 0) is 14.6 Å². The SMILES string of the molecule is CS(=O)(=O)C1CCCC1N1CCCCC1C(=O)O. The lowest BCUT2D eigenvalue weighted by Crippen LogP contribution is -2.53. The minimum Gasteiger partial charge on any atom is -0.480 e. The summed E-state index contributed by atoms with van der Waals surface area (Å²) in [5.41, 5.74) is 0. The second-order valence-corrected chi connectivity index (χ2v) is 7.72. The molecule has 0 spiro atoms. The number of piperidine rings is 1. The van der Waals surface area contributed by atoms with E-state index < -0.39 is 21.8 Å². The molecule has 1 heterocycles. The summed E-state index contributed by atoms with van der Waals surface area (Å²) in [6.45, 7) is 0.716. The lowest BCUT2D eigenvalue weighted by atomic mass is 9.99. The molecule has 1 aliphatic carbocycles. The molecule has 18 heavy (non-hydrogen) atoms. The summed E-state index contributed by atoms with van der Waals surface area (Å²) in [4.78, 5) is 13.2. The number of nitrogens with zero attached hydrogens (tertiary/aromatic N) is 1. The Morgan fingerprint density at radius 2 is 1.89 bits per heavy atom. The topological polar surface area (TPSA) is 74.7 Å². The van der Waals surface area contributed by atoms with Gasteiger partial charge in [0, 0.05) is 12.3 Å². The molecule has 2 aliphatic rings. The maximum Gasteiger partial charge on any atom is 0.320 e. The van der Waals surface area contributed by atoms with E-state index in [0.29, 0.717) is 19.4 Å². The molecule has 2 rings (SSSR count). The van der Waals surface area contributed by atoms with Crippen molar-refractivity contribution in [2.24, 2.45) is 0 Å². The Morgan fingerprint density at radius 1 is 1.17 bits per heavy atom. The number of hydrogen-bond acceptors (Lipinski definition) is 4. The standard InChI is InChI=1S/C12H21NO4S/c1-18(16,17)11-7-4-6-9(11)13-8-3-2-5-10(13)12(14)15/h9-11H,2-8H2,1H3,(H,14,15). The zero-order valence-electron chi connectivity index (χ0n) is 10.7. The summed E-state index contributed by atoms with van der Waals surface area (Å²) >= 11 is 0. The van der Waals surface area contributed by atoms with Gasteiger partial charge in [-0.25, -0.2) is 8.42 Å². The first-order valence-corrected chi connectivity index (χ1v) is 8.54. The zero-order chi connectivity index (χ0) is 13.3. The van der Waals surface area contributed by atoms with Crippen LogP contribution < -0.4 is 0 Å². The van der Waals surface area contributed by atoms with Crippen molar-refractivity contribution in [3.63, 3.8) is 0 Å². The first-order valence-electron chi connectivity index (χ1n) is 6.58. The van der Waals surface area contributed by atoms with E-state index in [1.165, 1.54) is 6.26 Å². The largest absolute Gasteiger partial charge is 0.480 e. The van der Waals surface area contributed by atoms with E-state index in [0.717, 1.165) is 25.7 Å². The Bertz CT molecular complexity index is 420. The number of rotatable bonds is 3. The molecule has 0 amide bonds. The van der Waals surface area contributed by atoms with E-state index in [4.69, 9.17) is 0 Å². The summed E-state index contributed by atoms with van der Waals surface area (Å²) in [5.74, 6) is -0.811. The fraction of sp³-hybridized carbons (Fsp3) is 0.917. The highest BCUT2D eigenvalue weighted by molar-refractivity contribution is 7.91. The van der Waals surface area contributed by atoms with Gasteiger partial charge in [0.25, 0.3) is 0 Å². The van der Waals surface area contributed by atoms with Gasteiger partial charge in [-0.1, -0.05) is 12.8 Å². The Kier molecular flexibility index (Phi) is 3.96. The Labute approximate surface area is 108 Å². The predicted molar refractivity (Wildman–Crippen MR) is 68.3 cm³/mol. The molecule has 3 unspecified atom stereocenters. The van der Waals surface area contributed by atoms with Gasteiger partial charge >= 0.3 is 5.97 Å². The van der Waals surface area contributed by atoms with E-state index >= 15 is 0 Å². The molecule has 0 radical (unpaired) electrons. The van der Waals surface area contributed by atoms with Gasteiger partial charge in [0.05, 0.1) is 5.25 Å². The van der Waals surface area contributed by atoms with Crippen molar-refractivity contribution >= 4 is 15.8 Å². The number of hydrogen-bond donors (Lipinski definition) is 1. The van der Waals surface area contributed by atoms with Gasteiger partial charge in [-0.2, -0.15) is 0 Å². The molecule has 0 aromatic rings. The fourth-order valence-electron chi connectivity index (χ4n) is 3.40. The van der Waals surface area contributed by atoms with Crippen molar-refractivity contribution in [2.45, 2.75) is 55.9 Å². The van der Waals surface area contributed by atoms with Crippen molar-refractivity contribution in [3.05, 3.63) is 0 Å². The summed E-state index contributed by atoms with van der Waals surface area (Å²) in [6.07, 6.45) is 6.16. The molecule has 0 bridgehead atoms. The molecule has 1 N–H and O–H groups in total. The molecule has 2 fully saturated rings. The van der Waals surface area contributed by atoms with Crippen LogP contribution in [0.1, 0.15) is 38.5 Å². The van der Waals surface area contributed by atoms with Gasteiger partial charge in [-0.05, 0) is 32.2 Å².